The molecule has 0 bridgehead atoms. The molecule has 0 radical (unpaired) electrons. The molecule has 0 aliphatic heterocycles. The van der Waals surface area contributed by atoms with Crippen LogP contribution in [0.1, 0.15) is 24.4 Å². The number of nitrogens with one attached hydrogen (secondary N) is 2. The summed E-state index contributed by atoms with van der Waals surface area (Å²) in [6.07, 6.45) is -0.245. The number of nitrogens with zero attached hydrogens (tertiary/aromatic N) is 5. The molecule has 1 unspecified atom stereocenters. The zero-order valence-electron chi connectivity index (χ0n) is 14.3. The Morgan fingerprint density at radius 2 is 1.93 bits per heavy atom. The number of hydrogen-bond acceptors (Lipinski definition) is 5. The molecule has 8 nitrogen and oxygen atoms in total. The lowest BCUT2D eigenvalue weighted by atomic mass is 10.2. The molecule has 0 spiro atoms. The number of carbonyl (C=O) groups excluding carboxylic acids is 1. The number of rotatable bonds is 4. The van der Waals surface area contributed by atoms with Gasteiger partial charge in [-0.05, 0) is 31.2 Å². The fourth-order valence-electron chi connectivity index (χ4n) is 2.32. The summed E-state index contributed by atoms with van der Waals surface area (Å²) in [5.41, 5.74) is -1.10. The zero-order valence-corrected chi connectivity index (χ0v) is 15.0. The van der Waals surface area contributed by atoms with Gasteiger partial charge < -0.3 is 10.6 Å². The van der Waals surface area contributed by atoms with Gasteiger partial charge in [0.15, 0.2) is 5.82 Å². The highest BCUT2D eigenvalue weighted by Gasteiger charge is 2.31. The number of alkyl halides is 3. The maximum Gasteiger partial charge on any atom is 0.416 e. The molecule has 3 aromatic rings. The van der Waals surface area contributed by atoms with Crippen LogP contribution in [-0.2, 0) is 6.18 Å². The molecule has 12 heteroatoms. The fourth-order valence-corrected chi connectivity index (χ4v) is 2.48. The summed E-state index contributed by atoms with van der Waals surface area (Å²) in [4.78, 5) is 24.4. The van der Waals surface area contributed by atoms with Gasteiger partial charge in [-0.1, -0.05) is 11.6 Å². The van der Waals surface area contributed by atoms with Gasteiger partial charge in [-0.25, -0.2) is 19.7 Å². The highest BCUT2D eigenvalue weighted by Crippen LogP contribution is 2.33. The smallest absolute Gasteiger partial charge is 0.328 e. The molecule has 1 atom stereocenters. The molecule has 0 aliphatic carbocycles. The molecule has 146 valence electrons. The molecule has 0 fully saturated rings. The van der Waals surface area contributed by atoms with Crippen LogP contribution in [0.5, 0.6) is 0 Å². The molecular weight excluding hydrogens is 399 g/mol. The summed E-state index contributed by atoms with van der Waals surface area (Å²) in [5.74, 6) is 0.585. The van der Waals surface area contributed by atoms with E-state index in [1.54, 1.807) is 13.0 Å². The van der Waals surface area contributed by atoms with E-state index in [-0.39, 0.29) is 16.7 Å². The Balaban J connectivity index is 1.74. The maximum absolute atomic E-state index is 12.8. The number of halogens is 4. The van der Waals surface area contributed by atoms with E-state index >= 15 is 0 Å². The number of hydrogen-bond donors (Lipinski definition) is 2. The summed E-state index contributed by atoms with van der Waals surface area (Å²) in [6, 6.07) is 2.86. The van der Waals surface area contributed by atoms with Crippen LogP contribution in [0.4, 0.5) is 23.7 Å². The van der Waals surface area contributed by atoms with E-state index < -0.39 is 23.8 Å². The van der Waals surface area contributed by atoms with Gasteiger partial charge in [-0.3, -0.25) is 0 Å². The fraction of sp³-hybridized carbons (Fsp3) is 0.188. The lowest BCUT2D eigenvalue weighted by Gasteiger charge is -2.16. The maximum atomic E-state index is 12.8. The van der Waals surface area contributed by atoms with E-state index in [1.807, 2.05) is 0 Å². The predicted molar refractivity (Wildman–Crippen MR) is 94.0 cm³/mol. The van der Waals surface area contributed by atoms with E-state index in [2.05, 4.69) is 30.7 Å². The normalized spacial score (nSPS) is 12.5. The van der Waals surface area contributed by atoms with Crippen molar-refractivity contribution >= 4 is 23.3 Å². The van der Waals surface area contributed by atoms with Crippen LogP contribution in [0.3, 0.4) is 0 Å². The number of anilines is 1. The molecule has 3 rings (SSSR count). The van der Waals surface area contributed by atoms with Crippen molar-refractivity contribution < 1.29 is 18.0 Å². The van der Waals surface area contributed by atoms with Crippen molar-refractivity contribution in [3.05, 3.63) is 59.4 Å². The number of amides is 2. The van der Waals surface area contributed by atoms with Crippen LogP contribution < -0.4 is 10.6 Å². The zero-order chi connectivity index (χ0) is 20.3. The molecular formula is C16H13ClF3N7O. The van der Waals surface area contributed by atoms with Gasteiger partial charge >= 0.3 is 12.2 Å². The van der Waals surface area contributed by atoms with Gasteiger partial charge in [0, 0.05) is 12.4 Å². The van der Waals surface area contributed by atoms with Gasteiger partial charge in [0.2, 0.25) is 0 Å². The van der Waals surface area contributed by atoms with Crippen molar-refractivity contribution in [3.63, 3.8) is 0 Å². The predicted octanol–water partition coefficient (Wildman–Crippen LogP) is 3.61. The Labute approximate surface area is 161 Å². The van der Waals surface area contributed by atoms with Crippen molar-refractivity contribution in [3.8, 4) is 5.95 Å². The first-order chi connectivity index (χ1) is 13.3. The third-order valence-electron chi connectivity index (χ3n) is 3.59. The molecule has 1 aromatic carbocycles. The second-order valence-electron chi connectivity index (χ2n) is 5.59. The first-order valence-electron chi connectivity index (χ1n) is 7.87. The second-order valence-corrected chi connectivity index (χ2v) is 6.00. The Kier molecular flexibility index (Phi) is 5.45. The van der Waals surface area contributed by atoms with Crippen molar-refractivity contribution in [1.29, 1.82) is 0 Å². The first-order valence-corrected chi connectivity index (χ1v) is 8.25. The van der Waals surface area contributed by atoms with E-state index in [0.29, 0.717) is 5.82 Å². The van der Waals surface area contributed by atoms with Gasteiger partial charge in [-0.2, -0.15) is 23.0 Å². The minimum Gasteiger partial charge on any atom is -0.328 e. The van der Waals surface area contributed by atoms with Crippen LogP contribution in [0, 0.1) is 0 Å². The van der Waals surface area contributed by atoms with Gasteiger partial charge in [0.1, 0.15) is 6.33 Å². The van der Waals surface area contributed by atoms with E-state index in [4.69, 9.17) is 11.6 Å². The minimum absolute atomic E-state index is 0.0309. The SMILES string of the molecule is CC(NC(=O)Nc1cc(C(F)(F)F)ccc1Cl)c1ncnn1-c1ncccn1. The Morgan fingerprint density at radius 1 is 1.21 bits per heavy atom. The topological polar surface area (TPSA) is 97.6 Å². The number of aromatic nitrogens is 5. The third kappa shape index (κ3) is 4.36. The Hall–Kier alpha value is -3.21. The van der Waals surface area contributed by atoms with Crippen molar-refractivity contribution in [2.24, 2.45) is 0 Å². The molecule has 0 aliphatic rings. The van der Waals surface area contributed by atoms with Gasteiger partial charge in [0.05, 0.1) is 22.3 Å². The van der Waals surface area contributed by atoms with Gasteiger partial charge in [0.25, 0.3) is 5.95 Å². The van der Waals surface area contributed by atoms with Gasteiger partial charge in [-0.15, -0.1) is 0 Å². The Bertz CT molecular complexity index is 978. The number of carbonyl (C=O) groups is 1. The lowest BCUT2D eigenvalue weighted by molar-refractivity contribution is -0.137. The minimum atomic E-state index is -4.56. The summed E-state index contributed by atoms with van der Waals surface area (Å²) >= 11 is 5.88. The summed E-state index contributed by atoms with van der Waals surface area (Å²) in [5, 5.41) is 8.85. The molecule has 2 N–H and O–H groups in total. The number of urea groups is 1. The molecule has 0 saturated heterocycles. The average molecular weight is 412 g/mol. The summed E-state index contributed by atoms with van der Waals surface area (Å²) < 4.78 is 39.8. The van der Waals surface area contributed by atoms with E-state index in [9.17, 15) is 18.0 Å². The van der Waals surface area contributed by atoms with E-state index in [1.165, 1.54) is 23.4 Å². The number of benzene rings is 1. The Morgan fingerprint density at radius 3 is 2.61 bits per heavy atom. The highest BCUT2D eigenvalue weighted by atomic mass is 35.5. The molecule has 2 amide bonds. The van der Waals surface area contributed by atoms with Crippen LogP contribution >= 0.6 is 11.6 Å². The summed E-state index contributed by atoms with van der Waals surface area (Å²) in [7, 11) is 0. The van der Waals surface area contributed by atoms with Crippen molar-refractivity contribution in [1.82, 2.24) is 30.0 Å². The average Bonchev–Trinajstić information content (AvgIpc) is 3.13. The van der Waals surface area contributed by atoms with Crippen LogP contribution in [0.15, 0.2) is 43.0 Å². The largest absolute Gasteiger partial charge is 0.416 e. The van der Waals surface area contributed by atoms with Crippen LogP contribution in [-0.4, -0.2) is 30.8 Å². The monoisotopic (exact) mass is 411 g/mol. The van der Waals surface area contributed by atoms with E-state index in [0.717, 1.165) is 18.2 Å². The molecule has 2 aromatic heterocycles. The molecule has 2 heterocycles. The quantitative estimate of drug-likeness (QED) is 0.683. The standard InChI is InChI=1S/C16H13ClF3N7O/c1-9(13-23-8-24-27(13)14-21-5-2-6-22-14)25-15(28)26-12-7-10(16(18,19)20)3-4-11(12)17/h2-9H,1H3,(H2,25,26,28). The highest BCUT2D eigenvalue weighted by molar-refractivity contribution is 6.33. The third-order valence-corrected chi connectivity index (χ3v) is 3.92. The van der Waals surface area contributed by atoms with Crippen molar-refractivity contribution in [2.75, 3.05) is 5.32 Å². The summed E-state index contributed by atoms with van der Waals surface area (Å²) in [6.45, 7) is 1.62. The van der Waals surface area contributed by atoms with Crippen molar-refractivity contribution in [2.45, 2.75) is 19.1 Å². The van der Waals surface area contributed by atoms with Crippen LogP contribution in [0.2, 0.25) is 5.02 Å². The first kappa shape index (κ1) is 19.5. The second kappa shape index (κ2) is 7.80. The lowest BCUT2D eigenvalue weighted by Crippen LogP contribution is -2.33. The van der Waals surface area contributed by atoms with Crippen LogP contribution in [0.25, 0.3) is 5.95 Å². The molecule has 28 heavy (non-hydrogen) atoms. The molecule has 0 saturated carbocycles.